The summed E-state index contributed by atoms with van der Waals surface area (Å²) in [6.45, 7) is 4.89. The Morgan fingerprint density at radius 2 is 1.38 bits per heavy atom. The maximum absolute atomic E-state index is 12.5. The zero-order valence-corrected chi connectivity index (χ0v) is 22.1. The number of carbonyl (C=O) groups excluding carboxylic acids is 3. The number of aromatic nitrogens is 2. The van der Waals surface area contributed by atoms with E-state index in [-0.39, 0.29) is 5.56 Å². The van der Waals surface area contributed by atoms with Crippen LogP contribution in [0.3, 0.4) is 0 Å². The molecule has 1 aliphatic rings. The molecule has 2 N–H and O–H groups in total. The molecule has 5 rings (SSSR count). The van der Waals surface area contributed by atoms with Crippen molar-refractivity contribution >= 4 is 23.5 Å². The second-order valence-electron chi connectivity index (χ2n) is 9.42. The highest BCUT2D eigenvalue weighted by atomic mass is 16.5. The Labute approximate surface area is 232 Å². The number of carbonyl (C=O) groups is 3. The number of esters is 1. The van der Waals surface area contributed by atoms with Gasteiger partial charge in [0, 0.05) is 50.2 Å². The minimum atomic E-state index is -0.519. The molecule has 204 valence electrons. The van der Waals surface area contributed by atoms with Crippen LogP contribution in [0.25, 0.3) is 5.69 Å². The molecule has 0 unspecified atom stereocenters. The predicted octanol–water partition coefficient (Wildman–Crippen LogP) is 3.06. The fourth-order valence-corrected chi connectivity index (χ4v) is 4.53. The van der Waals surface area contributed by atoms with E-state index in [4.69, 9.17) is 0 Å². The van der Waals surface area contributed by atoms with E-state index in [0.29, 0.717) is 11.1 Å². The van der Waals surface area contributed by atoms with Gasteiger partial charge in [-0.3, -0.25) is 25.3 Å². The van der Waals surface area contributed by atoms with Crippen molar-refractivity contribution in [2.75, 3.05) is 38.2 Å². The third-order valence-electron chi connectivity index (χ3n) is 6.80. The fraction of sp³-hybridized carbons (Fsp3) is 0.200. The number of nitrogens with one attached hydrogen (secondary N) is 2. The van der Waals surface area contributed by atoms with Crippen LogP contribution >= 0.6 is 0 Å². The van der Waals surface area contributed by atoms with Gasteiger partial charge in [0.15, 0.2) is 0 Å². The van der Waals surface area contributed by atoms with E-state index < -0.39 is 17.8 Å². The van der Waals surface area contributed by atoms with Crippen LogP contribution < -0.4 is 15.8 Å². The number of anilines is 1. The molecule has 10 heteroatoms. The van der Waals surface area contributed by atoms with E-state index in [0.717, 1.165) is 38.4 Å². The predicted molar refractivity (Wildman–Crippen MR) is 150 cm³/mol. The number of hydrogen-bond acceptors (Lipinski definition) is 7. The first-order valence-electron chi connectivity index (χ1n) is 13.0. The number of hydrazine groups is 1. The third kappa shape index (κ3) is 6.36. The lowest BCUT2D eigenvalue weighted by Gasteiger charge is -2.36. The number of nitrogens with zero attached hydrogens (tertiary/aromatic N) is 4. The molecule has 0 radical (unpaired) electrons. The van der Waals surface area contributed by atoms with E-state index >= 15 is 0 Å². The highest BCUT2D eigenvalue weighted by Gasteiger charge is 2.17. The summed E-state index contributed by atoms with van der Waals surface area (Å²) in [6, 6.07) is 24.5. The highest BCUT2D eigenvalue weighted by Crippen LogP contribution is 2.18. The molecule has 0 bridgehead atoms. The number of rotatable bonds is 7. The molecule has 4 aromatic rings. The molecular weight excluding hydrogens is 508 g/mol. The maximum atomic E-state index is 12.5. The number of hydrogen-bond donors (Lipinski definition) is 2. The van der Waals surface area contributed by atoms with Crippen molar-refractivity contribution in [1.29, 1.82) is 0 Å². The van der Waals surface area contributed by atoms with Gasteiger partial charge in [0.1, 0.15) is 0 Å². The molecule has 10 nitrogen and oxygen atoms in total. The van der Waals surface area contributed by atoms with Crippen LogP contribution in [-0.4, -0.2) is 65.8 Å². The first kappa shape index (κ1) is 26.6. The minimum absolute atomic E-state index is 0.279. The number of benzene rings is 3. The van der Waals surface area contributed by atoms with Crippen molar-refractivity contribution in [3.63, 3.8) is 0 Å². The molecule has 40 heavy (non-hydrogen) atoms. The standard InChI is InChI=1S/C30H30N6O4/c1-40-30(39)24-11-9-23(10-12-24)28(37)32-33-29(38)25-19-31-36(21-25)27-13-7-22(8-14-27)20-34-15-17-35(18-16-34)26-5-3-2-4-6-26/h2-14,19,21H,15-18,20H2,1H3,(H,32,37)(H,33,38). The van der Waals surface area contributed by atoms with Gasteiger partial charge in [0.25, 0.3) is 11.8 Å². The Bertz CT molecular complexity index is 1460. The van der Waals surface area contributed by atoms with Crippen molar-refractivity contribution in [1.82, 2.24) is 25.5 Å². The zero-order chi connectivity index (χ0) is 27.9. The molecule has 3 aromatic carbocycles. The molecular formula is C30H30N6O4. The van der Waals surface area contributed by atoms with Crippen molar-refractivity contribution in [2.24, 2.45) is 0 Å². The molecule has 2 heterocycles. The van der Waals surface area contributed by atoms with Crippen LogP contribution in [0.5, 0.6) is 0 Å². The lowest BCUT2D eigenvalue weighted by Crippen LogP contribution is -2.45. The van der Waals surface area contributed by atoms with Gasteiger partial charge in [-0.1, -0.05) is 30.3 Å². The van der Waals surface area contributed by atoms with Gasteiger partial charge >= 0.3 is 5.97 Å². The lowest BCUT2D eigenvalue weighted by atomic mass is 10.1. The Balaban J connectivity index is 1.11. The van der Waals surface area contributed by atoms with E-state index in [1.54, 1.807) is 10.9 Å². The van der Waals surface area contributed by atoms with Crippen LogP contribution in [0, 0.1) is 0 Å². The molecule has 0 atom stereocenters. The van der Waals surface area contributed by atoms with Crippen molar-refractivity contribution in [3.8, 4) is 5.69 Å². The molecule has 1 saturated heterocycles. The largest absolute Gasteiger partial charge is 0.465 e. The smallest absolute Gasteiger partial charge is 0.337 e. The highest BCUT2D eigenvalue weighted by molar-refractivity contribution is 5.99. The van der Waals surface area contributed by atoms with Crippen LogP contribution in [0.1, 0.15) is 36.6 Å². The summed E-state index contributed by atoms with van der Waals surface area (Å²) in [5, 5.41) is 4.29. The van der Waals surface area contributed by atoms with E-state index in [1.165, 1.54) is 48.8 Å². The van der Waals surface area contributed by atoms with Gasteiger partial charge < -0.3 is 9.64 Å². The number of methoxy groups -OCH3 is 1. The SMILES string of the molecule is COC(=O)c1ccc(C(=O)NNC(=O)c2cnn(-c3ccc(CN4CCN(c5ccccc5)CC4)cc3)c2)cc1. The number of ether oxygens (including phenoxy) is 1. The van der Waals surface area contributed by atoms with Gasteiger partial charge in [-0.2, -0.15) is 5.10 Å². The lowest BCUT2D eigenvalue weighted by molar-refractivity contribution is 0.0600. The van der Waals surface area contributed by atoms with Crippen molar-refractivity contribution in [3.05, 3.63) is 114 Å². The Kier molecular flexibility index (Phi) is 8.17. The van der Waals surface area contributed by atoms with E-state index in [2.05, 4.69) is 66.9 Å². The second kappa shape index (κ2) is 12.3. The summed E-state index contributed by atoms with van der Waals surface area (Å²) < 4.78 is 6.26. The first-order valence-corrected chi connectivity index (χ1v) is 13.0. The number of para-hydroxylation sites is 1. The summed E-state index contributed by atoms with van der Waals surface area (Å²) in [6.07, 6.45) is 3.04. The molecule has 0 aliphatic carbocycles. The number of amides is 2. The minimum Gasteiger partial charge on any atom is -0.465 e. The topological polar surface area (TPSA) is 109 Å². The summed E-state index contributed by atoms with van der Waals surface area (Å²) in [7, 11) is 1.28. The fourth-order valence-electron chi connectivity index (χ4n) is 4.53. The summed E-state index contributed by atoms with van der Waals surface area (Å²) in [5.74, 6) is -1.52. The van der Waals surface area contributed by atoms with Crippen LogP contribution in [0.2, 0.25) is 0 Å². The summed E-state index contributed by atoms with van der Waals surface area (Å²) in [4.78, 5) is 41.3. The average molecular weight is 539 g/mol. The van der Waals surface area contributed by atoms with Gasteiger partial charge in [-0.25, -0.2) is 9.48 Å². The average Bonchev–Trinajstić information content (AvgIpc) is 3.51. The Morgan fingerprint density at radius 1 is 0.750 bits per heavy atom. The Morgan fingerprint density at radius 3 is 2.02 bits per heavy atom. The summed E-state index contributed by atoms with van der Waals surface area (Å²) >= 11 is 0. The zero-order valence-electron chi connectivity index (χ0n) is 22.1. The second-order valence-corrected chi connectivity index (χ2v) is 9.42. The molecule has 0 spiro atoms. The van der Waals surface area contributed by atoms with E-state index in [9.17, 15) is 14.4 Å². The van der Waals surface area contributed by atoms with Gasteiger partial charge in [0.05, 0.1) is 30.1 Å². The maximum Gasteiger partial charge on any atom is 0.337 e. The first-order chi connectivity index (χ1) is 19.5. The van der Waals surface area contributed by atoms with Crippen LogP contribution in [-0.2, 0) is 11.3 Å². The van der Waals surface area contributed by atoms with Gasteiger partial charge in [0.2, 0.25) is 0 Å². The molecule has 1 aliphatic heterocycles. The number of piperazine rings is 1. The van der Waals surface area contributed by atoms with Crippen LogP contribution in [0.15, 0.2) is 91.3 Å². The monoisotopic (exact) mass is 538 g/mol. The van der Waals surface area contributed by atoms with Crippen molar-refractivity contribution < 1.29 is 19.1 Å². The van der Waals surface area contributed by atoms with E-state index in [1.807, 2.05) is 18.2 Å². The van der Waals surface area contributed by atoms with Crippen molar-refractivity contribution in [2.45, 2.75) is 6.54 Å². The molecule has 1 fully saturated rings. The summed E-state index contributed by atoms with van der Waals surface area (Å²) in [5.41, 5.74) is 8.96. The molecule has 2 amide bonds. The van der Waals surface area contributed by atoms with Gasteiger partial charge in [-0.05, 0) is 54.1 Å². The third-order valence-corrected chi connectivity index (χ3v) is 6.80. The van der Waals surface area contributed by atoms with Gasteiger partial charge in [-0.15, -0.1) is 0 Å². The normalized spacial score (nSPS) is 13.5. The quantitative estimate of drug-likeness (QED) is 0.275. The molecule has 0 saturated carbocycles. The van der Waals surface area contributed by atoms with Crippen LogP contribution in [0.4, 0.5) is 5.69 Å². The Hall–Kier alpha value is -4.96. The molecule has 1 aromatic heterocycles.